The van der Waals surface area contributed by atoms with E-state index in [1.165, 1.54) is 18.9 Å². The second-order valence-corrected chi connectivity index (χ2v) is 12.3. The average Bonchev–Trinajstić information content (AvgIpc) is 3.76. The highest BCUT2D eigenvalue weighted by Gasteiger charge is 2.33. The van der Waals surface area contributed by atoms with E-state index in [0.29, 0.717) is 58.5 Å². The number of halogens is 2. The summed E-state index contributed by atoms with van der Waals surface area (Å²) in [6.45, 7) is 20.3. The van der Waals surface area contributed by atoms with Crippen molar-refractivity contribution in [1.29, 1.82) is 5.26 Å². The van der Waals surface area contributed by atoms with E-state index in [0.717, 1.165) is 35.6 Å². The minimum Gasteiger partial charge on any atom is -0.389 e. The molecule has 0 aliphatic carbocycles. The molecule has 0 saturated carbocycles. The lowest BCUT2D eigenvalue weighted by molar-refractivity contribution is 0.134. The topological polar surface area (TPSA) is 88.1 Å². The molecular weight excluding hydrogens is 576 g/mol. The van der Waals surface area contributed by atoms with Crippen LogP contribution in [0.2, 0.25) is 0 Å². The lowest BCUT2D eigenvalue weighted by atomic mass is 9.85. The molecule has 5 rings (SSSR count). The largest absolute Gasteiger partial charge is 0.389 e. The summed E-state index contributed by atoms with van der Waals surface area (Å²) >= 11 is 1.00. The molecule has 238 valence electrons. The van der Waals surface area contributed by atoms with E-state index in [2.05, 4.69) is 43.6 Å². The van der Waals surface area contributed by atoms with Gasteiger partial charge in [0.05, 0.1) is 23.7 Å². The van der Waals surface area contributed by atoms with Crippen molar-refractivity contribution in [2.24, 2.45) is 11.8 Å². The van der Waals surface area contributed by atoms with Gasteiger partial charge in [0.1, 0.15) is 22.4 Å². The number of fused-ring (bicyclic) bond motifs is 3. The standard InChI is InChI=1S/C29H31F2N5OS.C4H10.C2H6/c1-6-14(3)22(24-17(8-32)28(33)38-27(24)21(30)7-2)23-20-13-37-12-19(20)18-9-34-29(35-26(18)25(23)31)36-10-15(4)16(5)11-36;1-3-4-2;1-2/h7,9,15-16H,6,10-13,33H2,1-5H3;3-4H2,1-2H3;1-2H3/b21-7+,22-14+;;. The van der Waals surface area contributed by atoms with Gasteiger partial charge in [0.25, 0.3) is 0 Å². The Hall–Kier alpha value is -3.35. The number of anilines is 2. The zero-order valence-corrected chi connectivity index (χ0v) is 28.5. The van der Waals surface area contributed by atoms with Gasteiger partial charge in [-0.3, -0.25) is 0 Å². The number of ether oxygens (including phenoxy) is 1. The van der Waals surface area contributed by atoms with Crippen LogP contribution in [0.3, 0.4) is 0 Å². The number of benzene rings is 1. The maximum atomic E-state index is 16.8. The maximum Gasteiger partial charge on any atom is 0.225 e. The number of hydrogen-bond donors (Lipinski definition) is 1. The predicted octanol–water partition coefficient (Wildman–Crippen LogP) is 9.80. The van der Waals surface area contributed by atoms with E-state index in [1.807, 2.05) is 27.7 Å². The van der Waals surface area contributed by atoms with Gasteiger partial charge in [0.2, 0.25) is 5.95 Å². The molecule has 44 heavy (non-hydrogen) atoms. The van der Waals surface area contributed by atoms with Gasteiger partial charge in [0, 0.05) is 35.8 Å². The zero-order valence-electron chi connectivity index (χ0n) is 27.7. The summed E-state index contributed by atoms with van der Waals surface area (Å²) in [6, 6.07) is 2.14. The molecule has 3 aromatic rings. The van der Waals surface area contributed by atoms with E-state index in [4.69, 9.17) is 15.5 Å². The first-order valence-electron chi connectivity index (χ1n) is 15.8. The molecule has 0 bridgehead atoms. The van der Waals surface area contributed by atoms with Crippen LogP contribution in [0.5, 0.6) is 0 Å². The van der Waals surface area contributed by atoms with E-state index in [9.17, 15) is 5.26 Å². The van der Waals surface area contributed by atoms with Crippen molar-refractivity contribution in [3.05, 3.63) is 56.4 Å². The number of hydrogen-bond acceptors (Lipinski definition) is 7. The summed E-state index contributed by atoms with van der Waals surface area (Å²) in [5, 5.41) is 10.8. The Balaban J connectivity index is 0.000000816. The Morgan fingerprint density at radius 1 is 1.14 bits per heavy atom. The molecule has 2 N–H and O–H groups in total. The van der Waals surface area contributed by atoms with Gasteiger partial charge in [-0.1, -0.05) is 73.0 Å². The van der Waals surface area contributed by atoms with Crippen LogP contribution >= 0.6 is 11.3 Å². The summed E-state index contributed by atoms with van der Waals surface area (Å²) in [7, 11) is 0. The number of unbranched alkanes of at least 4 members (excludes halogenated alkanes) is 1. The second kappa shape index (κ2) is 15.6. The number of nitrogens with two attached hydrogens (primary N) is 1. The number of aromatic nitrogens is 2. The smallest absolute Gasteiger partial charge is 0.225 e. The number of rotatable bonds is 6. The van der Waals surface area contributed by atoms with Gasteiger partial charge in [-0.05, 0) is 48.8 Å². The Morgan fingerprint density at radius 3 is 2.30 bits per heavy atom. The molecule has 1 saturated heterocycles. The Morgan fingerprint density at radius 2 is 1.75 bits per heavy atom. The Bertz CT molecular complexity index is 1570. The van der Waals surface area contributed by atoms with Crippen LogP contribution in [0.25, 0.3) is 22.3 Å². The molecule has 9 heteroatoms. The van der Waals surface area contributed by atoms with Crippen LogP contribution in [-0.2, 0) is 18.0 Å². The van der Waals surface area contributed by atoms with Gasteiger partial charge in [0.15, 0.2) is 5.82 Å². The lowest BCUT2D eigenvalue weighted by Crippen LogP contribution is -2.22. The number of nitriles is 1. The molecule has 2 unspecified atom stereocenters. The van der Waals surface area contributed by atoms with Crippen LogP contribution in [0.15, 0.2) is 17.8 Å². The van der Waals surface area contributed by atoms with Crippen molar-refractivity contribution in [1.82, 2.24) is 9.97 Å². The third kappa shape index (κ3) is 6.67. The van der Waals surface area contributed by atoms with Crippen molar-refractivity contribution >= 4 is 44.6 Å². The van der Waals surface area contributed by atoms with Crippen LogP contribution in [0.4, 0.5) is 19.7 Å². The first kappa shape index (κ1) is 35.1. The van der Waals surface area contributed by atoms with Gasteiger partial charge in [-0.25, -0.2) is 18.7 Å². The van der Waals surface area contributed by atoms with Crippen LogP contribution in [0.1, 0.15) is 114 Å². The fraction of sp³-hybridized carbons (Fsp3) is 0.514. The van der Waals surface area contributed by atoms with Crippen molar-refractivity contribution in [3.63, 3.8) is 0 Å². The van der Waals surface area contributed by atoms with E-state index >= 15 is 8.78 Å². The number of allylic oxidation sites excluding steroid dienone is 2. The summed E-state index contributed by atoms with van der Waals surface area (Å²) in [5.74, 6) is 0.442. The molecule has 6 nitrogen and oxygen atoms in total. The highest BCUT2D eigenvalue weighted by atomic mass is 32.1. The average molecular weight is 624 g/mol. The van der Waals surface area contributed by atoms with Gasteiger partial charge in [-0.15, -0.1) is 11.3 Å². The quantitative estimate of drug-likeness (QED) is 0.294. The number of thiophene rings is 1. The van der Waals surface area contributed by atoms with Crippen LogP contribution < -0.4 is 10.6 Å². The Labute approximate surface area is 265 Å². The van der Waals surface area contributed by atoms with E-state index in [1.54, 1.807) is 13.1 Å². The monoisotopic (exact) mass is 623 g/mol. The van der Waals surface area contributed by atoms with E-state index in [-0.39, 0.29) is 27.6 Å². The molecule has 0 amide bonds. The lowest BCUT2D eigenvalue weighted by Gasteiger charge is -2.21. The molecule has 1 aromatic carbocycles. The molecule has 0 radical (unpaired) electrons. The van der Waals surface area contributed by atoms with Crippen molar-refractivity contribution in [3.8, 4) is 6.07 Å². The Kier molecular flexibility index (Phi) is 12.4. The van der Waals surface area contributed by atoms with Gasteiger partial charge < -0.3 is 15.4 Å². The molecule has 2 aliphatic heterocycles. The molecule has 4 heterocycles. The van der Waals surface area contributed by atoms with Crippen molar-refractivity contribution in [2.75, 3.05) is 23.7 Å². The number of nitrogen functional groups attached to an aromatic ring is 1. The summed E-state index contributed by atoms with van der Waals surface area (Å²) in [4.78, 5) is 11.7. The minimum atomic E-state index is -0.517. The SMILES string of the molecule is C/C=C(/F)c1sc(N)c(C#N)c1/C(=C(\C)CC)c1c2c(c3cnc(N4CC(C)C(C)C4)nc3c1F)COC2.CC.CCCC. The molecule has 2 atom stereocenters. The van der Waals surface area contributed by atoms with E-state index < -0.39 is 11.6 Å². The third-order valence-corrected chi connectivity index (χ3v) is 9.46. The molecule has 2 aromatic heterocycles. The highest BCUT2D eigenvalue weighted by molar-refractivity contribution is 7.17. The minimum absolute atomic E-state index is 0.153. The molecule has 1 fully saturated rings. The zero-order chi connectivity index (χ0) is 32.7. The first-order chi connectivity index (χ1) is 21.1. The van der Waals surface area contributed by atoms with Crippen molar-refractivity contribution in [2.45, 2.75) is 94.8 Å². The normalized spacial score (nSPS) is 18.2. The van der Waals surface area contributed by atoms with Gasteiger partial charge >= 0.3 is 0 Å². The number of nitrogens with zero attached hydrogens (tertiary/aromatic N) is 4. The maximum absolute atomic E-state index is 16.8. The first-order valence-corrected chi connectivity index (χ1v) is 16.6. The highest BCUT2D eigenvalue weighted by Crippen LogP contribution is 2.47. The second-order valence-electron chi connectivity index (χ2n) is 11.2. The molecular formula is C35H47F2N5OS. The predicted molar refractivity (Wildman–Crippen MR) is 181 cm³/mol. The van der Waals surface area contributed by atoms with Crippen LogP contribution in [-0.4, -0.2) is 23.1 Å². The summed E-state index contributed by atoms with van der Waals surface area (Å²) in [6.07, 6.45) is 6.23. The third-order valence-electron chi connectivity index (χ3n) is 8.43. The van der Waals surface area contributed by atoms with Crippen LogP contribution in [0, 0.1) is 29.0 Å². The van der Waals surface area contributed by atoms with Crippen molar-refractivity contribution < 1.29 is 13.5 Å². The fourth-order valence-electron chi connectivity index (χ4n) is 5.44. The summed E-state index contributed by atoms with van der Waals surface area (Å²) in [5.41, 5.74) is 9.97. The molecule has 0 spiro atoms. The summed E-state index contributed by atoms with van der Waals surface area (Å²) < 4.78 is 37.8. The molecule has 2 aliphatic rings. The van der Waals surface area contributed by atoms with Gasteiger partial charge in [-0.2, -0.15) is 5.26 Å². The fourth-order valence-corrected chi connectivity index (χ4v) is 6.43.